The normalized spacial score (nSPS) is 23.2. The quantitative estimate of drug-likeness (QED) is 0.899. The number of carbonyl (C=O) groups is 1. The van der Waals surface area contributed by atoms with Crippen LogP contribution in [0.15, 0.2) is 36.5 Å². The van der Waals surface area contributed by atoms with E-state index in [1.807, 2.05) is 40.9 Å². The number of aliphatic hydroxyl groups is 1. The molecular weight excluding hydrogens is 326 g/mol. The standard InChI is InChI=1S/C21H27N3O2/c1-2-24-13-18(20(22-24)16-8-9-16)21(26)23-11-10-17(19(25)14-23)12-15-6-4-3-5-7-15/h3-7,13,16-17,19,25H,2,8-12,14H2,1H3/t17-,19-/m1/s1. The van der Waals surface area contributed by atoms with Crippen LogP contribution < -0.4 is 0 Å². The molecule has 0 radical (unpaired) electrons. The minimum Gasteiger partial charge on any atom is -0.391 e. The van der Waals surface area contributed by atoms with Gasteiger partial charge in [-0.3, -0.25) is 9.48 Å². The Morgan fingerprint density at radius 2 is 2.00 bits per heavy atom. The summed E-state index contributed by atoms with van der Waals surface area (Å²) in [5, 5.41) is 15.2. The van der Waals surface area contributed by atoms with Crippen LogP contribution in [0.1, 0.15) is 53.7 Å². The fourth-order valence-electron chi connectivity index (χ4n) is 3.91. The van der Waals surface area contributed by atoms with Crippen LogP contribution in [0.5, 0.6) is 0 Å². The van der Waals surface area contributed by atoms with E-state index in [0.29, 0.717) is 19.0 Å². The van der Waals surface area contributed by atoms with E-state index in [1.54, 1.807) is 0 Å². The van der Waals surface area contributed by atoms with Crippen LogP contribution in [-0.2, 0) is 13.0 Å². The van der Waals surface area contributed by atoms with Crippen molar-refractivity contribution in [3.63, 3.8) is 0 Å². The van der Waals surface area contributed by atoms with E-state index in [1.165, 1.54) is 5.56 Å². The van der Waals surface area contributed by atoms with E-state index in [-0.39, 0.29) is 11.8 Å². The van der Waals surface area contributed by atoms with Crippen LogP contribution in [0.2, 0.25) is 0 Å². The van der Waals surface area contributed by atoms with E-state index < -0.39 is 6.10 Å². The summed E-state index contributed by atoms with van der Waals surface area (Å²) in [4.78, 5) is 14.9. The number of rotatable bonds is 5. The van der Waals surface area contributed by atoms with Crippen LogP contribution in [-0.4, -0.2) is 44.9 Å². The molecule has 0 spiro atoms. The lowest BCUT2D eigenvalue weighted by Gasteiger charge is -2.36. The lowest BCUT2D eigenvalue weighted by atomic mass is 9.87. The molecule has 4 rings (SSSR count). The molecule has 26 heavy (non-hydrogen) atoms. The van der Waals surface area contributed by atoms with Gasteiger partial charge >= 0.3 is 0 Å². The van der Waals surface area contributed by atoms with E-state index in [4.69, 9.17) is 0 Å². The Morgan fingerprint density at radius 3 is 2.65 bits per heavy atom. The van der Waals surface area contributed by atoms with Gasteiger partial charge in [-0.1, -0.05) is 30.3 Å². The number of nitrogens with zero attached hydrogens (tertiary/aromatic N) is 3. The average Bonchev–Trinajstić information content (AvgIpc) is 3.42. The Labute approximate surface area is 154 Å². The predicted octanol–water partition coefficient (Wildman–Crippen LogP) is 2.85. The number of amides is 1. The zero-order chi connectivity index (χ0) is 18.1. The van der Waals surface area contributed by atoms with Gasteiger partial charge in [-0.25, -0.2) is 0 Å². The van der Waals surface area contributed by atoms with Gasteiger partial charge in [0, 0.05) is 31.7 Å². The molecule has 2 aliphatic rings. The van der Waals surface area contributed by atoms with Gasteiger partial charge in [0.05, 0.1) is 17.4 Å². The van der Waals surface area contributed by atoms with Crippen LogP contribution >= 0.6 is 0 Å². The molecule has 5 nitrogen and oxygen atoms in total. The van der Waals surface area contributed by atoms with Gasteiger partial charge in [-0.15, -0.1) is 0 Å². The van der Waals surface area contributed by atoms with Crippen molar-refractivity contribution in [3.05, 3.63) is 53.3 Å². The number of likely N-dealkylation sites (tertiary alicyclic amines) is 1. The van der Waals surface area contributed by atoms with Gasteiger partial charge in [0.1, 0.15) is 0 Å². The molecule has 1 amide bonds. The molecule has 1 aromatic heterocycles. The maximum Gasteiger partial charge on any atom is 0.257 e. The third-order valence-corrected chi connectivity index (χ3v) is 5.66. The monoisotopic (exact) mass is 353 g/mol. The van der Waals surface area contributed by atoms with Gasteiger partial charge < -0.3 is 10.0 Å². The fourth-order valence-corrected chi connectivity index (χ4v) is 3.91. The fraction of sp³-hybridized carbons (Fsp3) is 0.524. The molecule has 2 fully saturated rings. The summed E-state index contributed by atoms with van der Waals surface area (Å²) < 4.78 is 1.86. The summed E-state index contributed by atoms with van der Waals surface area (Å²) in [6, 6.07) is 10.3. The molecule has 2 atom stereocenters. The second-order valence-electron chi connectivity index (χ2n) is 7.61. The molecule has 138 valence electrons. The molecule has 1 saturated heterocycles. The molecule has 2 aromatic rings. The molecule has 1 aliphatic carbocycles. The van der Waals surface area contributed by atoms with Gasteiger partial charge in [0.15, 0.2) is 0 Å². The summed E-state index contributed by atoms with van der Waals surface area (Å²) in [5.74, 6) is 0.689. The van der Waals surface area contributed by atoms with Crippen LogP contribution in [0.4, 0.5) is 0 Å². The topological polar surface area (TPSA) is 58.4 Å². The Morgan fingerprint density at radius 1 is 1.23 bits per heavy atom. The summed E-state index contributed by atoms with van der Waals surface area (Å²) in [6.07, 6.45) is 5.37. The summed E-state index contributed by atoms with van der Waals surface area (Å²) >= 11 is 0. The van der Waals surface area contributed by atoms with E-state index in [2.05, 4.69) is 17.2 Å². The first-order chi connectivity index (χ1) is 12.7. The first kappa shape index (κ1) is 17.3. The van der Waals surface area contributed by atoms with Gasteiger partial charge in [-0.2, -0.15) is 5.10 Å². The van der Waals surface area contributed by atoms with Crippen molar-refractivity contribution < 1.29 is 9.90 Å². The number of carbonyl (C=O) groups excluding carboxylic acids is 1. The Kier molecular flexibility index (Phi) is 4.81. The molecule has 2 heterocycles. The van der Waals surface area contributed by atoms with Gasteiger partial charge in [-0.05, 0) is 44.1 Å². The van der Waals surface area contributed by atoms with E-state index in [9.17, 15) is 9.90 Å². The minimum absolute atomic E-state index is 0.0313. The van der Waals surface area contributed by atoms with E-state index >= 15 is 0 Å². The molecule has 1 N–H and O–H groups in total. The summed E-state index contributed by atoms with van der Waals surface area (Å²) in [7, 11) is 0. The SMILES string of the molecule is CCn1cc(C(=O)N2CC[C@H](Cc3ccccc3)[C@H](O)C2)c(C2CC2)n1. The number of piperidine rings is 1. The maximum absolute atomic E-state index is 13.1. The molecule has 0 unspecified atom stereocenters. The van der Waals surface area contributed by atoms with Crippen molar-refractivity contribution in [2.45, 2.75) is 51.2 Å². The third kappa shape index (κ3) is 3.54. The Hall–Kier alpha value is -2.14. The average molecular weight is 353 g/mol. The lowest BCUT2D eigenvalue weighted by Crippen LogP contribution is -2.47. The van der Waals surface area contributed by atoms with Gasteiger partial charge in [0.25, 0.3) is 5.91 Å². The van der Waals surface area contributed by atoms with Crippen LogP contribution in [0, 0.1) is 5.92 Å². The zero-order valence-electron chi connectivity index (χ0n) is 15.3. The highest BCUT2D eigenvalue weighted by Gasteiger charge is 2.35. The predicted molar refractivity (Wildman–Crippen MR) is 100 cm³/mol. The second-order valence-corrected chi connectivity index (χ2v) is 7.61. The summed E-state index contributed by atoms with van der Waals surface area (Å²) in [5.41, 5.74) is 2.94. The molecule has 0 bridgehead atoms. The number of hydrogen-bond donors (Lipinski definition) is 1. The van der Waals surface area contributed by atoms with Crippen LogP contribution in [0.25, 0.3) is 0 Å². The maximum atomic E-state index is 13.1. The first-order valence-electron chi connectivity index (χ1n) is 9.74. The third-order valence-electron chi connectivity index (χ3n) is 5.66. The number of β-amino-alcohol motifs (C(OH)–C–C–N with tert-alkyl or cyclic N) is 1. The number of benzene rings is 1. The van der Waals surface area contributed by atoms with Crippen molar-refractivity contribution in [1.29, 1.82) is 0 Å². The Bertz CT molecular complexity index is 767. The van der Waals surface area contributed by atoms with Crippen LogP contribution in [0.3, 0.4) is 0 Å². The minimum atomic E-state index is -0.474. The highest BCUT2D eigenvalue weighted by Crippen LogP contribution is 2.41. The largest absolute Gasteiger partial charge is 0.391 e. The number of hydrogen-bond acceptors (Lipinski definition) is 3. The molecule has 1 aromatic carbocycles. The summed E-state index contributed by atoms with van der Waals surface area (Å²) in [6.45, 7) is 3.93. The molecular formula is C21H27N3O2. The smallest absolute Gasteiger partial charge is 0.257 e. The van der Waals surface area contributed by atoms with E-state index in [0.717, 1.165) is 43.5 Å². The van der Waals surface area contributed by atoms with Crippen molar-refractivity contribution >= 4 is 5.91 Å². The van der Waals surface area contributed by atoms with Crippen molar-refractivity contribution in [3.8, 4) is 0 Å². The lowest BCUT2D eigenvalue weighted by molar-refractivity contribution is 0.0197. The van der Waals surface area contributed by atoms with Gasteiger partial charge in [0.2, 0.25) is 0 Å². The number of aromatic nitrogens is 2. The number of aryl methyl sites for hydroxylation is 1. The highest BCUT2D eigenvalue weighted by molar-refractivity contribution is 5.95. The van der Waals surface area contributed by atoms with Crippen molar-refractivity contribution in [2.75, 3.05) is 13.1 Å². The highest BCUT2D eigenvalue weighted by atomic mass is 16.3. The molecule has 5 heteroatoms. The zero-order valence-corrected chi connectivity index (χ0v) is 15.3. The first-order valence-corrected chi connectivity index (χ1v) is 9.74. The van der Waals surface area contributed by atoms with Crippen molar-refractivity contribution in [2.24, 2.45) is 5.92 Å². The molecule has 1 saturated carbocycles. The molecule has 1 aliphatic heterocycles. The second kappa shape index (κ2) is 7.23. The van der Waals surface area contributed by atoms with Crippen molar-refractivity contribution in [1.82, 2.24) is 14.7 Å². The Balaban J connectivity index is 1.44. The number of aliphatic hydroxyl groups excluding tert-OH is 1.